The molecule has 2 saturated heterocycles. The third-order valence-electron chi connectivity index (χ3n) is 15.3. The smallest absolute Gasteiger partial charge is 0.404 e. The molecule has 0 bridgehead atoms. The van der Waals surface area contributed by atoms with Crippen molar-refractivity contribution < 1.29 is 27.5 Å². The lowest BCUT2D eigenvalue weighted by molar-refractivity contribution is -0.192. The van der Waals surface area contributed by atoms with Crippen LogP contribution in [0.5, 0.6) is 5.75 Å². The minimum Gasteiger partial charge on any atom is -0.496 e. The molecule has 3 N–H and O–H groups in total. The number of carbonyl (C=O) groups is 2. The summed E-state index contributed by atoms with van der Waals surface area (Å²) in [6.45, 7) is 19.9. The van der Waals surface area contributed by atoms with E-state index in [4.69, 9.17) is 4.74 Å². The van der Waals surface area contributed by atoms with Gasteiger partial charge in [0, 0.05) is 80.8 Å². The largest absolute Gasteiger partial charge is 0.496 e. The van der Waals surface area contributed by atoms with Crippen molar-refractivity contribution in [3.8, 4) is 5.75 Å². The number of aromatic amines is 2. The molecule has 15 heteroatoms. The van der Waals surface area contributed by atoms with Crippen molar-refractivity contribution in [3.05, 3.63) is 132 Å². The fourth-order valence-corrected chi connectivity index (χ4v) is 11.4. The molecule has 6 aromatic rings. The molecule has 0 saturated carbocycles. The van der Waals surface area contributed by atoms with Crippen molar-refractivity contribution >= 4 is 33.5 Å². The van der Waals surface area contributed by atoms with E-state index in [1.54, 1.807) is 13.0 Å². The van der Waals surface area contributed by atoms with Crippen LogP contribution in [0.2, 0.25) is 0 Å². The average molecular weight is 966 g/mol. The number of ketones is 1. The van der Waals surface area contributed by atoms with Crippen LogP contribution in [0.25, 0.3) is 21.8 Å². The van der Waals surface area contributed by atoms with Crippen LogP contribution < -0.4 is 21.2 Å². The van der Waals surface area contributed by atoms with Gasteiger partial charge >= 0.3 is 6.18 Å². The number of likely N-dealkylation sites (tertiary alicyclic amines) is 2. The lowest BCUT2D eigenvalue weighted by Crippen LogP contribution is -2.49. The number of nitrogens with zero attached hydrogens (tertiary/aromatic N) is 4. The standard InChI is InChI=1S/C28H34F3N3O3.C27H36N4O2/c1-16-14-24(37-5)21(27(36)32-16)10-11-23(35)26-18(3)34(22-9-7-6-8-20(22)26)17(2)19-12-13-33(4)25(15-19)28(29,30)31;1-6-30-13-11-21(12-14-30)19(4)31-20(5)25(22-9-7-8-10-24(22)31)27(33)28-16-23-17(2)15-18(3)29-26(23)32/h6-9,14,17,19,25H,10-13,15H2,1-5H3,(H,32,36);7-10,15,19,21H,6,11-14,16H2,1-5H3,(H,28,33)(H,29,32)/t17-,19-,25-;/m1./s1. The van der Waals surface area contributed by atoms with E-state index in [0.29, 0.717) is 58.6 Å². The topological polar surface area (TPSA) is 137 Å². The molecule has 12 nitrogen and oxygen atoms in total. The summed E-state index contributed by atoms with van der Waals surface area (Å²) in [7, 11) is 3.02. The number of fused-ring (bicyclic) bond motifs is 2. The molecular weight excluding hydrogens is 896 g/mol. The Labute approximate surface area is 408 Å². The van der Waals surface area contributed by atoms with Gasteiger partial charge in [0.05, 0.1) is 18.2 Å². The van der Waals surface area contributed by atoms with E-state index in [0.717, 1.165) is 64.1 Å². The summed E-state index contributed by atoms with van der Waals surface area (Å²) < 4.78 is 50.8. The number of aromatic nitrogens is 4. The molecule has 1 unspecified atom stereocenters. The second-order valence-corrected chi connectivity index (χ2v) is 19.6. The Morgan fingerprint density at radius 1 is 0.771 bits per heavy atom. The number of rotatable bonds is 13. The van der Waals surface area contributed by atoms with Gasteiger partial charge < -0.3 is 34.1 Å². The number of para-hydroxylation sites is 2. The van der Waals surface area contributed by atoms with E-state index in [1.165, 1.54) is 31.9 Å². The first-order valence-electron chi connectivity index (χ1n) is 24.7. The number of methoxy groups -OCH3 is 1. The zero-order valence-corrected chi connectivity index (χ0v) is 42.4. The highest BCUT2D eigenvalue weighted by atomic mass is 19.4. The van der Waals surface area contributed by atoms with Gasteiger partial charge in [0.1, 0.15) is 11.8 Å². The average Bonchev–Trinajstić information content (AvgIpc) is 3.79. The van der Waals surface area contributed by atoms with E-state index in [2.05, 4.69) is 51.6 Å². The van der Waals surface area contributed by atoms with Crippen LogP contribution >= 0.6 is 0 Å². The molecule has 6 heterocycles. The predicted octanol–water partition coefficient (Wildman–Crippen LogP) is 10.1. The Kier molecular flexibility index (Phi) is 16.0. The van der Waals surface area contributed by atoms with Gasteiger partial charge in [0.2, 0.25) is 0 Å². The normalized spacial score (nSPS) is 18.1. The molecule has 2 fully saturated rings. The van der Waals surface area contributed by atoms with Crippen LogP contribution in [0.4, 0.5) is 13.2 Å². The highest BCUT2D eigenvalue weighted by molar-refractivity contribution is 6.10. The molecule has 0 radical (unpaired) electrons. The SMILES string of the molecule is CCN1CCC(C(C)n2c(C)c(C(=O)NCc3c(C)cc(C)[nH]c3=O)c3ccccc32)CC1.COc1cc(C)[nH]c(=O)c1CCC(=O)c1c(C)n([C@H](C)[C@@H]2CCN(C)[C@@H](C(F)(F)F)C2)c2ccccc12. The highest BCUT2D eigenvalue weighted by Gasteiger charge is 2.46. The molecule has 2 aliphatic rings. The van der Waals surface area contributed by atoms with Gasteiger partial charge in [-0.15, -0.1) is 0 Å². The van der Waals surface area contributed by atoms with Crippen LogP contribution in [0.15, 0.2) is 70.3 Å². The minimum atomic E-state index is -4.28. The number of nitrogens with one attached hydrogen (secondary N) is 3. The molecule has 4 atom stereocenters. The molecule has 0 aliphatic carbocycles. The predicted molar refractivity (Wildman–Crippen MR) is 272 cm³/mol. The van der Waals surface area contributed by atoms with Gasteiger partial charge in [-0.1, -0.05) is 43.3 Å². The summed E-state index contributed by atoms with van der Waals surface area (Å²) in [6, 6.07) is 18.0. The van der Waals surface area contributed by atoms with Gasteiger partial charge in [0.25, 0.3) is 17.0 Å². The van der Waals surface area contributed by atoms with Crippen molar-refractivity contribution in [1.82, 2.24) is 34.2 Å². The number of ether oxygens (including phenoxy) is 1. The molecule has 376 valence electrons. The number of H-pyrrole nitrogens is 2. The van der Waals surface area contributed by atoms with Crippen molar-refractivity contribution in [2.24, 2.45) is 11.8 Å². The summed E-state index contributed by atoms with van der Waals surface area (Å²) in [6.07, 6.45) is -0.931. The number of piperidine rings is 2. The summed E-state index contributed by atoms with van der Waals surface area (Å²) in [4.78, 5) is 61.3. The fraction of sp³-hybridized carbons (Fsp3) is 0.491. The first-order chi connectivity index (χ1) is 33.2. The summed E-state index contributed by atoms with van der Waals surface area (Å²) in [5, 5.41) is 4.77. The van der Waals surface area contributed by atoms with E-state index < -0.39 is 12.2 Å². The van der Waals surface area contributed by atoms with Crippen LogP contribution in [-0.4, -0.2) is 93.1 Å². The lowest BCUT2D eigenvalue weighted by Gasteiger charge is -2.40. The Bertz CT molecular complexity index is 2970. The summed E-state index contributed by atoms with van der Waals surface area (Å²) in [5.74, 6) is 0.610. The Hall–Kier alpha value is -5.93. The number of benzene rings is 2. The maximum absolute atomic E-state index is 13.7. The van der Waals surface area contributed by atoms with Crippen LogP contribution in [-0.2, 0) is 13.0 Å². The Balaban J connectivity index is 0.000000208. The second-order valence-electron chi connectivity index (χ2n) is 19.6. The van der Waals surface area contributed by atoms with Gasteiger partial charge in [-0.25, -0.2) is 0 Å². The highest BCUT2D eigenvalue weighted by Crippen LogP contribution is 2.41. The van der Waals surface area contributed by atoms with Crippen molar-refractivity contribution in [3.63, 3.8) is 0 Å². The van der Waals surface area contributed by atoms with Gasteiger partial charge in [-0.05, 0) is 155 Å². The maximum atomic E-state index is 13.7. The zero-order valence-electron chi connectivity index (χ0n) is 42.4. The van der Waals surface area contributed by atoms with Crippen LogP contribution in [0.1, 0.15) is 125 Å². The van der Waals surface area contributed by atoms with Gasteiger partial charge in [-0.3, -0.25) is 24.1 Å². The first-order valence-corrected chi connectivity index (χ1v) is 24.7. The first kappa shape index (κ1) is 51.9. The van der Waals surface area contributed by atoms with Gasteiger partial charge in [0.15, 0.2) is 5.78 Å². The van der Waals surface area contributed by atoms with Crippen molar-refractivity contribution in [2.45, 2.75) is 125 Å². The second kappa shape index (κ2) is 21.6. The van der Waals surface area contributed by atoms with Crippen LogP contribution in [0.3, 0.4) is 0 Å². The number of carbonyl (C=O) groups excluding carboxylic acids is 2. The van der Waals surface area contributed by atoms with Crippen molar-refractivity contribution in [2.75, 3.05) is 40.3 Å². The fourth-order valence-electron chi connectivity index (χ4n) is 11.4. The number of pyridine rings is 2. The zero-order chi connectivity index (χ0) is 50.8. The maximum Gasteiger partial charge on any atom is 0.404 e. The van der Waals surface area contributed by atoms with Crippen LogP contribution in [0, 0.1) is 46.5 Å². The summed E-state index contributed by atoms with van der Waals surface area (Å²) in [5.41, 5.74) is 7.94. The van der Waals surface area contributed by atoms with E-state index in [1.807, 2.05) is 80.8 Å². The number of alkyl halides is 3. The number of aryl methyl sites for hydroxylation is 3. The van der Waals surface area contributed by atoms with E-state index >= 15 is 0 Å². The quantitative estimate of drug-likeness (QED) is 0.0981. The molecular formula is C55H70F3N7O5. The van der Waals surface area contributed by atoms with Gasteiger partial charge in [-0.2, -0.15) is 13.2 Å². The number of halogens is 3. The molecule has 8 rings (SSSR count). The molecule has 2 aromatic carbocycles. The number of Topliss-reactive ketones (excluding diaryl/α,β-unsaturated/α-hetero) is 1. The molecule has 4 aromatic heterocycles. The number of hydrogen-bond donors (Lipinski definition) is 3. The Morgan fingerprint density at radius 3 is 1.87 bits per heavy atom. The van der Waals surface area contributed by atoms with E-state index in [9.17, 15) is 32.3 Å². The third kappa shape index (κ3) is 10.7. The monoisotopic (exact) mass is 966 g/mol. The minimum absolute atomic E-state index is 0.0202. The van der Waals surface area contributed by atoms with Crippen molar-refractivity contribution in [1.29, 1.82) is 0 Å². The third-order valence-corrected chi connectivity index (χ3v) is 15.3. The summed E-state index contributed by atoms with van der Waals surface area (Å²) >= 11 is 0. The number of amides is 1. The molecule has 2 aliphatic heterocycles. The Morgan fingerprint density at radius 2 is 1.30 bits per heavy atom. The lowest BCUT2D eigenvalue weighted by atomic mass is 9.85. The molecule has 0 spiro atoms. The molecule has 70 heavy (non-hydrogen) atoms. The van der Waals surface area contributed by atoms with E-state index in [-0.39, 0.29) is 60.6 Å². The molecule has 1 amide bonds. The number of hydrogen-bond acceptors (Lipinski definition) is 7.